The first-order valence-electron chi connectivity index (χ1n) is 9.96. The molecule has 0 spiro atoms. The minimum atomic E-state index is -0.659. The van der Waals surface area contributed by atoms with E-state index in [-0.39, 0.29) is 17.7 Å². The van der Waals surface area contributed by atoms with Crippen LogP contribution in [-0.4, -0.2) is 55.0 Å². The molecule has 7 heteroatoms. The van der Waals surface area contributed by atoms with E-state index in [2.05, 4.69) is 20.8 Å². The van der Waals surface area contributed by atoms with Gasteiger partial charge < -0.3 is 19.1 Å². The van der Waals surface area contributed by atoms with E-state index in [0.29, 0.717) is 17.6 Å². The number of aliphatic hydroxyl groups excluding tert-OH is 1. The third kappa shape index (κ3) is 6.71. The zero-order valence-electron chi connectivity index (χ0n) is 18.7. The number of likely N-dealkylation sites (N-methyl/N-ethyl adjacent to an activating group) is 1. The molecule has 0 saturated carbocycles. The predicted octanol–water partition coefficient (Wildman–Crippen LogP) is 3.92. The molecule has 0 amide bonds. The van der Waals surface area contributed by atoms with Gasteiger partial charge >= 0.3 is 0 Å². The van der Waals surface area contributed by atoms with E-state index >= 15 is 0 Å². The lowest BCUT2D eigenvalue weighted by atomic mass is 9.86. The summed E-state index contributed by atoms with van der Waals surface area (Å²) in [4.78, 5) is 10.4. The molecule has 0 saturated heterocycles. The van der Waals surface area contributed by atoms with Crippen molar-refractivity contribution >= 4 is 5.69 Å². The molecule has 2 aromatic rings. The molecule has 2 aromatic carbocycles. The van der Waals surface area contributed by atoms with E-state index in [1.165, 1.54) is 12.1 Å². The Morgan fingerprint density at radius 1 is 1.13 bits per heavy atom. The van der Waals surface area contributed by atoms with Crippen molar-refractivity contribution in [2.45, 2.75) is 38.8 Å². The van der Waals surface area contributed by atoms with Crippen LogP contribution >= 0.6 is 0 Å². The average molecular weight is 418 g/mol. The van der Waals surface area contributed by atoms with Crippen LogP contribution in [0.3, 0.4) is 0 Å². The maximum atomic E-state index is 10.8. The van der Waals surface area contributed by atoms with Gasteiger partial charge in [-0.05, 0) is 35.7 Å². The first-order chi connectivity index (χ1) is 13.9. The quantitative estimate of drug-likeness (QED) is 0.380. The second-order valence-electron chi connectivity index (χ2n) is 9.28. The third-order valence-electron chi connectivity index (χ3n) is 4.89. The number of benzene rings is 2. The number of nitro benzene ring substituents is 1. The number of quaternary nitrogens is 1. The first kappa shape index (κ1) is 23.6. The van der Waals surface area contributed by atoms with Crippen LogP contribution in [0.25, 0.3) is 0 Å². The van der Waals surface area contributed by atoms with Crippen LogP contribution in [0, 0.1) is 10.1 Å². The van der Waals surface area contributed by atoms with Gasteiger partial charge in [-0.1, -0.05) is 20.8 Å². The fourth-order valence-electron chi connectivity index (χ4n) is 3.44. The summed E-state index contributed by atoms with van der Waals surface area (Å²) in [6.45, 7) is 7.62. The minimum Gasteiger partial charge on any atom is -0.497 e. The molecular formula is C23H33N2O5+. The molecule has 0 fully saturated rings. The Kier molecular flexibility index (Phi) is 7.44. The number of hydrogen-bond acceptors (Lipinski definition) is 5. The highest BCUT2D eigenvalue weighted by Crippen LogP contribution is 2.34. The van der Waals surface area contributed by atoms with Crippen molar-refractivity contribution in [2.24, 2.45) is 0 Å². The van der Waals surface area contributed by atoms with Gasteiger partial charge in [0.1, 0.15) is 37.3 Å². The summed E-state index contributed by atoms with van der Waals surface area (Å²) in [6, 6.07) is 12.2. The minimum absolute atomic E-state index is 0.0756. The summed E-state index contributed by atoms with van der Waals surface area (Å²) in [6.07, 6.45) is -0.659. The van der Waals surface area contributed by atoms with Gasteiger partial charge in [-0.2, -0.15) is 0 Å². The number of non-ortho nitro benzene ring substituents is 1. The lowest BCUT2D eigenvalue weighted by molar-refractivity contribution is -0.906. The van der Waals surface area contributed by atoms with Crippen molar-refractivity contribution in [3.05, 3.63) is 63.7 Å². The van der Waals surface area contributed by atoms with Gasteiger partial charge in [0.25, 0.3) is 5.69 Å². The van der Waals surface area contributed by atoms with Crippen LogP contribution in [0.15, 0.2) is 42.5 Å². The summed E-state index contributed by atoms with van der Waals surface area (Å²) in [7, 11) is 5.66. The number of ether oxygens (including phenoxy) is 2. The van der Waals surface area contributed by atoms with Gasteiger partial charge in [-0.3, -0.25) is 10.1 Å². The molecule has 0 radical (unpaired) electrons. The zero-order chi connectivity index (χ0) is 22.5. The number of aliphatic hydroxyl groups is 1. The van der Waals surface area contributed by atoms with Gasteiger partial charge in [0.2, 0.25) is 0 Å². The van der Waals surface area contributed by atoms with Crippen LogP contribution in [-0.2, 0) is 12.0 Å². The van der Waals surface area contributed by atoms with E-state index < -0.39 is 11.0 Å². The standard InChI is InChI=1S/C23H33N2O5/c1-23(2,3)21-13-20(29-6)11-12-22(21)30-16-19(26)15-25(4,5)14-17-7-9-18(10-8-17)24(27)28/h7-13,19,26H,14-16H2,1-6H3/q+1. The van der Waals surface area contributed by atoms with E-state index in [9.17, 15) is 15.2 Å². The molecule has 1 atom stereocenters. The van der Waals surface area contributed by atoms with Gasteiger partial charge in [0.05, 0.1) is 26.1 Å². The average Bonchev–Trinajstić information content (AvgIpc) is 2.65. The molecule has 0 heterocycles. The molecule has 1 N–H and O–H groups in total. The molecule has 30 heavy (non-hydrogen) atoms. The second kappa shape index (κ2) is 9.45. The van der Waals surface area contributed by atoms with Crippen molar-refractivity contribution in [1.29, 1.82) is 0 Å². The van der Waals surface area contributed by atoms with Crippen LogP contribution in [0.4, 0.5) is 5.69 Å². The Bertz CT molecular complexity index is 857. The summed E-state index contributed by atoms with van der Waals surface area (Å²) >= 11 is 0. The normalized spacial score (nSPS) is 13.0. The van der Waals surface area contributed by atoms with E-state index in [0.717, 1.165) is 22.6 Å². The summed E-state index contributed by atoms with van der Waals surface area (Å²) in [5, 5.41) is 21.4. The highest BCUT2D eigenvalue weighted by atomic mass is 16.6. The molecule has 7 nitrogen and oxygen atoms in total. The number of nitro groups is 1. The van der Waals surface area contributed by atoms with Gasteiger partial charge in [-0.15, -0.1) is 0 Å². The molecule has 164 valence electrons. The van der Waals surface area contributed by atoms with E-state index in [1.807, 2.05) is 32.3 Å². The maximum Gasteiger partial charge on any atom is 0.269 e. The molecule has 0 aliphatic rings. The van der Waals surface area contributed by atoms with Crippen molar-refractivity contribution in [3.8, 4) is 11.5 Å². The van der Waals surface area contributed by atoms with Crippen LogP contribution in [0.2, 0.25) is 0 Å². The highest BCUT2D eigenvalue weighted by Gasteiger charge is 2.24. The fourth-order valence-corrected chi connectivity index (χ4v) is 3.44. The third-order valence-corrected chi connectivity index (χ3v) is 4.89. The number of methoxy groups -OCH3 is 1. The Balaban J connectivity index is 1.99. The van der Waals surface area contributed by atoms with Gasteiger partial charge in [0.15, 0.2) is 0 Å². The Morgan fingerprint density at radius 2 is 1.77 bits per heavy atom. The smallest absolute Gasteiger partial charge is 0.269 e. The maximum absolute atomic E-state index is 10.8. The van der Waals surface area contributed by atoms with Gasteiger partial charge in [0, 0.05) is 23.3 Å². The van der Waals surface area contributed by atoms with Crippen molar-refractivity contribution < 1.29 is 24.0 Å². The molecule has 0 aliphatic heterocycles. The van der Waals surface area contributed by atoms with E-state index in [1.54, 1.807) is 19.2 Å². The van der Waals surface area contributed by atoms with Crippen LogP contribution in [0.1, 0.15) is 31.9 Å². The van der Waals surface area contributed by atoms with Crippen molar-refractivity contribution in [1.82, 2.24) is 0 Å². The van der Waals surface area contributed by atoms with Crippen LogP contribution in [0.5, 0.6) is 11.5 Å². The molecule has 0 aromatic heterocycles. The first-order valence-corrected chi connectivity index (χ1v) is 9.96. The van der Waals surface area contributed by atoms with Gasteiger partial charge in [-0.25, -0.2) is 0 Å². The molecule has 0 bridgehead atoms. The monoisotopic (exact) mass is 417 g/mol. The summed E-state index contributed by atoms with van der Waals surface area (Å²) in [5.41, 5.74) is 1.95. The molecule has 0 aliphatic carbocycles. The van der Waals surface area contributed by atoms with Crippen molar-refractivity contribution in [2.75, 3.05) is 34.4 Å². The predicted molar refractivity (Wildman–Crippen MR) is 117 cm³/mol. The number of rotatable bonds is 9. The molecule has 1 unspecified atom stereocenters. The zero-order valence-corrected chi connectivity index (χ0v) is 18.7. The lowest BCUT2D eigenvalue weighted by Gasteiger charge is -2.32. The molecular weight excluding hydrogens is 384 g/mol. The second-order valence-corrected chi connectivity index (χ2v) is 9.28. The summed E-state index contributed by atoms with van der Waals surface area (Å²) < 4.78 is 11.8. The SMILES string of the molecule is COc1ccc(OCC(O)C[N+](C)(C)Cc2ccc([N+](=O)[O-])cc2)c(C(C)(C)C)c1. The highest BCUT2D eigenvalue weighted by molar-refractivity contribution is 5.44. The summed E-state index contributed by atoms with van der Waals surface area (Å²) in [5.74, 6) is 1.51. The lowest BCUT2D eigenvalue weighted by Crippen LogP contribution is -2.46. The fraction of sp³-hybridized carbons (Fsp3) is 0.478. The van der Waals surface area contributed by atoms with E-state index in [4.69, 9.17) is 9.47 Å². The largest absolute Gasteiger partial charge is 0.497 e. The van der Waals surface area contributed by atoms with Crippen molar-refractivity contribution in [3.63, 3.8) is 0 Å². The topological polar surface area (TPSA) is 81.8 Å². The number of hydrogen-bond donors (Lipinski definition) is 1. The Hall–Kier alpha value is -2.64. The van der Waals surface area contributed by atoms with Crippen LogP contribution < -0.4 is 9.47 Å². The molecule has 2 rings (SSSR count). The number of nitrogens with zero attached hydrogens (tertiary/aromatic N) is 2. The Labute approximate surface area is 178 Å². The Morgan fingerprint density at radius 3 is 2.30 bits per heavy atom.